The summed E-state index contributed by atoms with van der Waals surface area (Å²) in [7, 11) is 0. The standard InChI is InChI=1S/C13H25N3O/c1-5-16-13(7-11(4)15-16)8-14-12(9-17)6-10(2)3/h7,10,12,14,17H,5-6,8-9H2,1-4H3. The van der Waals surface area contributed by atoms with Gasteiger partial charge < -0.3 is 10.4 Å². The highest BCUT2D eigenvalue weighted by Crippen LogP contribution is 2.07. The number of rotatable bonds is 7. The molecule has 1 unspecified atom stereocenters. The van der Waals surface area contributed by atoms with E-state index in [0.29, 0.717) is 5.92 Å². The van der Waals surface area contributed by atoms with Gasteiger partial charge in [-0.3, -0.25) is 4.68 Å². The van der Waals surface area contributed by atoms with Crippen LogP contribution >= 0.6 is 0 Å². The van der Waals surface area contributed by atoms with Gasteiger partial charge in [-0.2, -0.15) is 5.10 Å². The zero-order valence-electron chi connectivity index (χ0n) is 11.4. The fourth-order valence-electron chi connectivity index (χ4n) is 2.06. The Balaban J connectivity index is 2.52. The Morgan fingerprint density at radius 1 is 1.47 bits per heavy atom. The minimum absolute atomic E-state index is 0.176. The fraction of sp³-hybridized carbons (Fsp3) is 0.769. The lowest BCUT2D eigenvalue weighted by atomic mass is 10.0. The van der Waals surface area contributed by atoms with Crippen molar-refractivity contribution < 1.29 is 5.11 Å². The molecule has 2 N–H and O–H groups in total. The molecule has 0 aliphatic heterocycles. The Morgan fingerprint density at radius 2 is 2.18 bits per heavy atom. The van der Waals surface area contributed by atoms with Crippen molar-refractivity contribution in [2.45, 2.75) is 53.2 Å². The third kappa shape index (κ3) is 4.48. The summed E-state index contributed by atoms with van der Waals surface area (Å²) in [6.45, 7) is 10.3. The first-order valence-corrected chi connectivity index (χ1v) is 6.44. The highest BCUT2D eigenvalue weighted by Gasteiger charge is 2.11. The van der Waals surface area contributed by atoms with E-state index >= 15 is 0 Å². The first-order chi connectivity index (χ1) is 8.06. The van der Waals surface area contributed by atoms with E-state index in [1.54, 1.807) is 0 Å². The van der Waals surface area contributed by atoms with E-state index in [4.69, 9.17) is 0 Å². The van der Waals surface area contributed by atoms with Gasteiger partial charge in [-0.25, -0.2) is 0 Å². The highest BCUT2D eigenvalue weighted by molar-refractivity contribution is 5.08. The predicted molar refractivity (Wildman–Crippen MR) is 69.8 cm³/mol. The van der Waals surface area contributed by atoms with Crippen molar-refractivity contribution in [3.63, 3.8) is 0 Å². The summed E-state index contributed by atoms with van der Waals surface area (Å²) in [5.74, 6) is 0.595. The van der Waals surface area contributed by atoms with E-state index in [0.717, 1.165) is 25.2 Å². The quantitative estimate of drug-likeness (QED) is 0.761. The van der Waals surface area contributed by atoms with Crippen molar-refractivity contribution in [3.8, 4) is 0 Å². The molecule has 1 aromatic heterocycles. The summed E-state index contributed by atoms with van der Waals surface area (Å²) >= 11 is 0. The van der Waals surface area contributed by atoms with Crippen LogP contribution in [0.4, 0.5) is 0 Å². The molecule has 0 saturated heterocycles. The summed E-state index contributed by atoms with van der Waals surface area (Å²) in [5, 5.41) is 17.1. The zero-order valence-corrected chi connectivity index (χ0v) is 11.4. The van der Waals surface area contributed by atoms with Gasteiger partial charge in [0.15, 0.2) is 0 Å². The van der Waals surface area contributed by atoms with E-state index in [9.17, 15) is 5.11 Å². The van der Waals surface area contributed by atoms with E-state index in [2.05, 4.69) is 37.3 Å². The molecule has 1 rings (SSSR count). The molecule has 17 heavy (non-hydrogen) atoms. The summed E-state index contributed by atoms with van der Waals surface area (Å²) in [4.78, 5) is 0. The number of aryl methyl sites for hydroxylation is 2. The molecule has 0 amide bonds. The lowest BCUT2D eigenvalue weighted by molar-refractivity contribution is 0.222. The maximum atomic E-state index is 9.30. The largest absolute Gasteiger partial charge is 0.395 e. The summed E-state index contributed by atoms with van der Waals surface area (Å²) in [6, 6.07) is 2.27. The van der Waals surface area contributed by atoms with Gasteiger partial charge in [0.25, 0.3) is 0 Å². The minimum atomic E-state index is 0.176. The second-order valence-electron chi connectivity index (χ2n) is 4.98. The molecule has 0 aliphatic carbocycles. The molecule has 0 bridgehead atoms. The lowest BCUT2D eigenvalue weighted by Crippen LogP contribution is -2.33. The van der Waals surface area contributed by atoms with Crippen LogP contribution < -0.4 is 5.32 Å². The van der Waals surface area contributed by atoms with Crippen LogP contribution in [0.2, 0.25) is 0 Å². The van der Waals surface area contributed by atoms with Gasteiger partial charge in [-0.05, 0) is 32.3 Å². The Labute approximate surface area is 104 Å². The van der Waals surface area contributed by atoms with Crippen molar-refractivity contribution in [1.82, 2.24) is 15.1 Å². The molecule has 4 heteroatoms. The second-order valence-corrected chi connectivity index (χ2v) is 4.98. The molecule has 0 fully saturated rings. The van der Waals surface area contributed by atoms with E-state index in [-0.39, 0.29) is 12.6 Å². The van der Waals surface area contributed by atoms with Crippen LogP contribution in [0.5, 0.6) is 0 Å². The predicted octanol–water partition coefficient (Wildman–Crippen LogP) is 1.71. The number of nitrogens with one attached hydrogen (secondary N) is 1. The van der Waals surface area contributed by atoms with Crippen LogP contribution in [0, 0.1) is 12.8 Å². The average molecular weight is 239 g/mol. The van der Waals surface area contributed by atoms with E-state index in [1.807, 2.05) is 11.6 Å². The topological polar surface area (TPSA) is 50.1 Å². The van der Waals surface area contributed by atoms with Gasteiger partial charge >= 0.3 is 0 Å². The maximum absolute atomic E-state index is 9.30. The molecule has 4 nitrogen and oxygen atoms in total. The Bertz CT molecular complexity index is 333. The van der Waals surface area contributed by atoms with Crippen LogP contribution in [0.15, 0.2) is 6.07 Å². The van der Waals surface area contributed by atoms with Crippen molar-refractivity contribution in [2.24, 2.45) is 5.92 Å². The smallest absolute Gasteiger partial charge is 0.0597 e. The van der Waals surface area contributed by atoms with E-state index < -0.39 is 0 Å². The minimum Gasteiger partial charge on any atom is -0.395 e. The number of hydrogen-bond donors (Lipinski definition) is 2. The number of aliphatic hydroxyl groups excluding tert-OH is 1. The van der Waals surface area contributed by atoms with Crippen LogP contribution in [0.25, 0.3) is 0 Å². The van der Waals surface area contributed by atoms with Crippen molar-refractivity contribution in [2.75, 3.05) is 6.61 Å². The summed E-state index contributed by atoms with van der Waals surface area (Å²) < 4.78 is 2.01. The Morgan fingerprint density at radius 3 is 2.71 bits per heavy atom. The molecule has 0 aliphatic rings. The van der Waals surface area contributed by atoms with Gasteiger partial charge in [0.05, 0.1) is 18.0 Å². The first-order valence-electron chi connectivity index (χ1n) is 6.44. The van der Waals surface area contributed by atoms with Crippen molar-refractivity contribution in [1.29, 1.82) is 0 Å². The van der Waals surface area contributed by atoms with E-state index in [1.165, 1.54) is 5.69 Å². The molecule has 0 aromatic carbocycles. The molecule has 98 valence electrons. The van der Waals surface area contributed by atoms with Gasteiger partial charge in [0.2, 0.25) is 0 Å². The number of hydrogen-bond acceptors (Lipinski definition) is 3. The molecular formula is C13H25N3O. The van der Waals surface area contributed by atoms with Gasteiger partial charge in [-0.15, -0.1) is 0 Å². The summed E-state index contributed by atoms with van der Waals surface area (Å²) in [6.07, 6.45) is 0.996. The fourth-order valence-corrected chi connectivity index (χ4v) is 2.06. The SMILES string of the molecule is CCn1nc(C)cc1CNC(CO)CC(C)C. The number of aromatic nitrogens is 2. The van der Waals surface area contributed by atoms with Crippen molar-refractivity contribution in [3.05, 3.63) is 17.5 Å². The van der Waals surface area contributed by atoms with Crippen molar-refractivity contribution >= 4 is 0 Å². The highest BCUT2D eigenvalue weighted by atomic mass is 16.3. The monoisotopic (exact) mass is 239 g/mol. The second kappa shape index (κ2) is 6.77. The van der Waals surface area contributed by atoms with Gasteiger partial charge in [-0.1, -0.05) is 13.8 Å². The number of aliphatic hydroxyl groups is 1. The molecule has 0 spiro atoms. The first kappa shape index (κ1) is 14.2. The maximum Gasteiger partial charge on any atom is 0.0597 e. The lowest BCUT2D eigenvalue weighted by Gasteiger charge is -2.18. The van der Waals surface area contributed by atoms with Crippen LogP contribution in [-0.4, -0.2) is 27.5 Å². The molecule has 0 radical (unpaired) electrons. The Kier molecular flexibility index (Phi) is 5.65. The van der Waals surface area contributed by atoms with Gasteiger partial charge in [0.1, 0.15) is 0 Å². The molecular weight excluding hydrogens is 214 g/mol. The third-order valence-corrected chi connectivity index (χ3v) is 2.83. The molecule has 1 heterocycles. The van der Waals surface area contributed by atoms with Gasteiger partial charge in [0, 0.05) is 19.1 Å². The number of nitrogens with zero attached hydrogens (tertiary/aromatic N) is 2. The average Bonchev–Trinajstić information content (AvgIpc) is 2.64. The summed E-state index contributed by atoms with van der Waals surface area (Å²) in [5.41, 5.74) is 2.24. The Hall–Kier alpha value is -0.870. The molecule has 1 atom stereocenters. The molecule has 1 aromatic rings. The molecule has 0 saturated carbocycles. The third-order valence-electron chi connectivity index (χ3n) is 2.83. The zero-order chi connectivity index (χ0) is 12.8. The van der Waals surface area contributed by atoms with Crippen LogP contribution in [-0.2, 0) is 13.1 Å². The normalized spacial score (nSPS) is 13.3. The van der Waals surface area contributed by atoms with Crippen LogP contribution in [0.3, 0.4) is 0 Å². The van der Waals surface area contributed by atoms with Crippen LogP contribution in [0.1, 0.15) is 38.6 Å².